The zero-order valence-corrected chi connectivity index (χ0v) is 11.7. The molecule has 0 bridgehead atoms. The summed E-state index contributed by atoms with van der Waals surface area (Å²) >= 11 is 6.04. The molecule has 0 aromatic carbocycles. The van der Waals surface area contributed by atoms with Crippen LogP contribution in [0.3, 0.4) is 0 Å². The van der Waals surface area contributed by atoms with E-state index in [0.29, 0.717) is 18.1 Å². The first-order chi connectivity index (χ1) is 8.24. The average Bonchev–Trinajstić information content (AvgIpc) is 2.95. The normalized spacial score (nSPS) is 23.2. The van der Waals surface area contributed by atoms with Gasteiger partial charge >= 0.3 is 0 Å². The van der Waals surface area contributed by atoms with Crippen LogP contribution in [0, 0.1) is 0 Å². The molecule has 8 heteroatoms. The molecule has 0 atom stereocenters. The Morgan fingerprint density at radius 2 is 1.76 bits per heavy atom. The zero-order valence-electron chi connectivity index (χ0n) is 8.43. The van der Waals surface area contributed by atoms with Crippen LogP contribution in [-0.4, -0.2) is 19.1 Å². The molecular formula is C9H7NO3S4. The highest BCUT2D eigenvalue weighted by Crippen LogP contribution is 2.58. The van der Waals surface area contributed by atoms with Crippen molar-refractivity contribution in [1.82, 2.24) is 0 Å². The maximum atomic E-state index is 11.0. The summed E-state index contributed by atoms with van der Waals surface area (Å²) in [7, 11) is 0. The lowest BCUT2D eigenvalue weighted by atomic mass is 10.6. The number of carbonyl (C=O) groups is 1. The summed E-state index contributed by atoms with van der Waals surface area (Å²) in [5.41, 5.74) is 5.24. The summed E-state index contributed by atoms with van der Waals surface area (Å²) in [6.07, 6.45) is 0. The summed E-state index contributed by atoms with van der Waals surface area (Å²) in [6.45, 7) is 1.19. The largest absolute Gasteiger partial charge is 0.480 e. The van der Waals surface area contributed by atoms with Crippen LogP contribution in [0.15, 0.2) is 29.0 Å². The molecule has 0 aromatic rings. The van der Waals surface area contributed by atoms with E-state index in [1.807, 2.05) is 0 Å². The second kappa shape index (κ2) is 4.75. The number of hydrogen-bond acceptors (Lipinski definition) is 7. The molecule has 3 heterocycles. The van der Waals surface area contributed by atoms with Gasteiger partial charge in [0, 0.05) is 0 Å². The Morgan fingerprint density at radius 3 is 2.29 bits per heavy atom. The molecule has 0 aromatic heterocycles. The van der Waals surface area contributed by atoms with E-state index >= 15 is 0 Å². The summed E-state index contributed by atoms with van der Waals surface area (Å²) < 4.78 is 13.2. The Bertz CT molecular complexity index is 463. The molecule has 1 amide bonds. The van der Waals surface area contributed by atoms with Crippen LogP contribution < -0.4 is 5.73 Å². The summed E-state index contributed by atoms with van der Waals surface area (Å²) in [5, 5.41) is 3.45. The quantitative estimate of drug-likeness (QED) is 0.799. The van der Waals surface area contributed by atoms with E-state index in [4.69, 9.17) is 15.2 Å². The van der Waals surface area contributed by atoms with E-state index in [0.717, 1.165) is 18.7 Å². The molecule has 0 fully saturated rings. The second-order valence-electron chi connectivity index (χ2n) is 3.12. The number of amides is 1. The van der Waals surface area contributed by atoms with Crippen molar-refractivity contribution in [3.05, 3.63) is 29.0 Å². The first-order valence-electron chi connectivity index (χ1n) is 4.68. The Balaban J connectivity index is 1.75. The third-order valence-electron chi connectivity index (χ3n) is 1.97. The molecule has 0 spiro atoms. The molecule has 3 rings (SSSR count). The molecule has 90 valence electrons. The number of carbonyl (C=O) groups excluding carboxylic acids is 1. The number of hydrogen-bond donors (Lipinski definition) is 1. The minimum atomic E-state index is -0.378. The Labute approximate surface area is 115 Å². The van der Waals surface area contributed by atoms with Crippen molar-refractivity contribution in [3.63, 3.8) is 0 Å². The fourth-order valence-electron chi connectivity index (χ4n) is 1.25. The van der Waals surface area contributed by atoms with Crippen LogP contribution in [0.25, 0.3) is 0 Å². The van der Waals surface area contributed by atoms with Crippen LogP contribution >= 0.6 is 47.0 Å². The number of primary amides is 1. The van der Waals surface area contributed by atoms with E-state index in [1.165, 1.54) is 23.5 Å². The molecule has 3 aliphatic heterocycles. The molecule has 0 saturated carbocycles. The lowest BCUT2D eigenvalue weighted by Gasteiger charge is -2.13. The van der Waals surface area contributed by atoms with Gasteiger partial charge in [-0.15, -0.1) is 0 Å². The predicted octanol–water partition coefficient (Wildman–Crippen LogP) is 2.57. The van der Waals surface area contributed by atoms with Crippen LogP contribution in [0.2, 0.25) is 0 Å². The van der Waals surface area contributed by atoms with E-state index in [9.17, 15) is 4.79 Å². The third-order valence-corrected chi connectivity index (χ3v) is 7.26. The second-order valence-corrected chi connectivity index (χ2v) is 7.53. The monoisotopic (exact) mass is 305 g/mol. The SMILES string of the molecule is NC(=O)C1=CSC(=C2SC3=C(OCCO3)S2)S1. The van der Waals surface area contributed by atoms with Gasteiger partial charge in [0.2, 0.25) is 10.2 Å². The lowest BCUT2D eigenvalue weighted by molar-refractivity contribution is -0.113. The first kappa shape index (κ1) is 11.8. The van der Waals surface area contributed by atoms with Crippen molar-refractivity contribution in [1.29, 1.82) is 0 Å². The molecule has 0 saturated heterocycles. The fraction of sp³-hybridized carbons (Fsp3) is 0.222. The van der Waals surface area contributed by atoms with Crippen molar-refractivity contribution in [3.8, 4) is 0 Å². The maximum Gasteiger partial charge on any atom is 0.256 e. The predicted molar refractivity (Wildman–Crippen MR) is 73.6 cm³/mol. The van der Waals surface area contributed by atoms with E-state index in [2.05, 4.69) is 0 Å². The van der Waals surface area contributed by atoms with Gasteiger partial charge in [-0.25, -0.2) is 0 Å². The van der Waals surface area contributed by atoms with Crippen LogP contribution in [0.1, 0.15) is 0 Å². The zero-order chi connectivity index (χ0) is 11.8. The van der Waals surface area contributed by atoms with E-state index in [1.54, 1.807) is 28.9 Å². The molecule has 4 nitrogen and oxygen atoms in total. The fourth-order valence-corrected chi connectivity index (χ4v) is 5.99. The molecule has 0 radical (unpaired) electrons. The Kier molecular flexibility index (Phi) is 3.29. The number of nitrogens with two attached hydrogens (primary N) is 1. The average molecular weight is 305 g/mol. The van der Waals surface area contributed by atoms with Crippen LogP contribution in [0.4, 0.5) is 0 Å². The molecule has 2 N–H and O–H groups in total. The van der Waals surface area contributed by atoms with Crippen molar-refractivity contribution < 1.29 is 14.3 Å². The smallest absolute Gasteiger partial charge is 0.256 e. The molecule has 0 unspecified atom stereocenters. The van der Waals surface area contributed by atoms with Crippen molar-refractivity contribution in [2.75, 3.05) is 13.2 Å². The molecular weight excluding hydrogens is 298 g/mol. The van der Waals surface area contributed by atoms with Crippen molar-refractivity contribution in [2.45, 2.75) is 0 Å². The molecule has 0 aliphatic carbocycles. The summed E-state index contributed by atoms with van der Waals surface area (Å²) in [6, 6.07) is 0. The van der Waals surface area contributed by atoms with Gasteiger partial charge in [-0.2, -0.15) is 0 Å². The van der Waals surface area contributed by atoms with E-state index < -0.39 is 0 Å². The topological polar surface area (TPSA) is 61.6 Å². The summed E-state index contributed by atoms with van der Waals surface area (Å²) in [5.74, 6) is -0.378. The van der Waals surface area contributed by atoms with Gasteiger partial charge in [0.05, 0.1) is 13.4 Å². The minimum absolute atomic E-state index is 0.378. The Hall–Kier alpha value is -0.310. The molecule has 3 aliphatic rings. The highest BCUT2D eigenvalue weighted by molar-refractivity contribution is 8.34. The van der Waals surface area contributed by atoms with Gasteiger partial charge < -0.3 is 15.2 Å². The van der Waals surface area contributed by atoms with Crippen molar-refractivity contribution in [2.24, 2.45) is 5.73 Å². The van der Waals surface area contributed by atoms with Gasteiger partial charge in [0.1, 0.15) is 13.2 Å². The maximum absolute atomic E-state index is 11.0. The van der Waals surface area contributed by atoms with Crippen molar-refractivity contribution >= 4 is 53.0 Å². The van der Waals surface area contributed by atoms with Crippen LogP contribution in [-0.2, 0) is 14.3 Å². The van der Waals surface area contributed by atoms with Gasteiger partial charge in [0.25, 0.3) is 5.91 Å². The van der Waals surface area contributed by atoms with Gasteiger partial charge in [-0.1, -0.05) is 23.5 Å². The lowest BCUT2D eigenvalue weighted by Crippen LogP contribution is -2.10. The molecule has 17 heavy (non-hydrogen) atoms. The number of thioether (sulfide) groups is 4. The standard InChI is InChI=1S/C9H7NO3S4/c10-5(11)4-3-14-8(15-4)9-16-6-7(17-9)13-2-1-12-6/h3H,1-2H2,(H2,10,11). The first-order valence-corrected chi connectivity index (χ1v) is 8.01. The number of ether oxygens (including phenoxy) is 2. The Morgan fingerprint density at radius 1 is 1.12 bits per heavy atom. The highest BCUT2D eigenvalue weighted by atomic mass is 32.2. The number of rotatable bonds is 1. The van der Waals surface area contributed by atoms with Gasteiger partial charge in [-0.05, 0) is 28.9 Å². The summed E-state index contributed by atoms with van der Waals surface area (Å²) in [4.78, 5) is 11.6. The van der Waals surface area contributed by atoms with Gasteiger partial charge in [-0.3, -0.25) is 4.79 Å². The van der Waals surface area contributed by atoms with Gasteiger partial charge in [0.15, 0.2) is 0 Å². The minimum Gasteiger partial charge on any atom is -0.480 e. The third kappa shape index (κ3) is 2.31. The van der Waals surface area contributed by atoms with E-state index in [-0.39, 0.29) is 5.91 Å². The van der Waals surface area contributed by atoms with Crippen LogP contribution in [0.5, 0.6) is 0 Å². The highest BCUT2D eigenvalue weighted by Gasteiger charge is 2.31.